The van der Waals surface area contributed by atoms with Gasteiger partial charge in [-0.1, -0.05) is 17.7 Å². The molecule has 0 radical (unpaired) electrons. The Morgan fingerprint density at radius 1 is 1.17 bits per heavy atom. The molecule has 0 aromatic heterocycles. The fourth-order valence-corrected chi connectivity index (χ4v) is 3.46. The van der Waals surface area contributed by atoms with Gasteiger partial charge in [0.2, 0.25) is 0 Å². The van der Waals surface area contributed by atoms with Gasteiger partial charge in [-0.25, -0.2) is 0 Å². The van der Waals surface area contributed by atoms with Crippen molar-refractivity contribution < 1.29 is 5.11 Å². The molecule has 0 heterocycles. The topological polar surface area (TPSA) is 32.6 Å². The molecule has 0 atom stereocenters. The van der Waals surface area contributed by atoms with E-state index in [1.165, 1.54) is 0 Å². The molecule has 0 bridgehead atoms. The molecule has 0 unspecified atom stereocenters. The van der Waals surface area contributed by atoms with E-state index in [9.17, 15) is 5.11 Å². The molecule has 2 rings (SSSR count). The minimum absolute atomic E-state index is 0.252. The van der Waals surface area contributed by atoms with E-state index in [0.29, 0.717) is 10.6 Å². The van der Waals surface area contributed by atoms with E-state index in [1.807, 2.05) is 24.3 Å². The third-order valence-corrected chi connectivity index (χ3v) is 3.90. The lowest BCUT2D eigenvalue weighted by Gasteiger charge is -2.02. The second-order valence-corrected chi connectivity index (χ2v) is 6.41. The normalized spacial score (nSPS) is 11.1. The fourth-order valence-electron chi connectivity index (χ4n) is 1.38. The third kappa shape index (κ3) is 3.58. The number of hydrogen-bond donors (Lipinski definition) is 1. The highest BCUT2D eigenvalue weighted by Crippen LogP contribution is 2.26. The number of benzene rings is 2. The first-order valence-corrected chi connectivity index (χ1v) is 7.57. The molecular weight excluding hydrogens is 475 g/mol. The number of nitrogens with zero attached hydrogens (tertiary/aromatic N) is 1. The maximum Gasteiger partial charge on any atom is 0.137 e. The summed E-state index contributed by atoms with van der Waals surface area (Å²) >= 11 is 10.2. The number of hydrogen-bond acceptors (Lipinski definition) is 2. The third-order valence-electron chi connectivity index (χ3n) is 2.22. The van der Waals surface area contributed by atoms with Crippen LogP contribution in [0.4, 0.5) is 5.69 Å². The van der Waals surface area contributed by atoms with Crippen molar-refractivity contribution in [1.29, 1.82) is 0 Å². The predicted octanol–water partition coefficient (Wildman–Crippen LogP) is 5.01. The SMILES string of the molecule is Oc1c(I)cc(I)cc1C=Nc1cccc(Cl)c1. The molecule has 2 nitrogen and oxygen atoms in total. The fraction of sp³-hybridized carbons (Fsp3) is 0. The molecule has 0 saturated heterocycles. The molecule has 0 aliphatic carbocycles. The maximum absolute atomic E-state index is 9.93. The molecule has 0 saturated carbocycles. The molecular formula is C13H8ClI2NO. The smallest absolute Gasteiger partial charge is 0.137 e. The summed E-state index contributed by atoms with van der Waals surface area (Å²) in [7, 11) is 0. The van der Waals surface area contributed by atoms with Gasteiger partial charge in [-0.3, -0.25) is 4.99 Å². The van der Waals surface area contributed by atoms with Gasteiger partial charge in [-0.15, -0.1) is 0 Å². The quantitative estimate of drug-likeness (QED) is 0.473. The first-order valence-electron chi connectivity index (χ1n) is 5.04. The van der Waals surface area contributed by atoms with Crippen LogP contribution in [0.3, 0.4) is 0 Å². The summed E-state index contributed by atoms with van der Waals surface area (Å²) < 4.78 is 1.87. The zero-order chi connectivity index (χ0) is 13.1. The van der Waals surface area contributed by atoms with E-state index in [2.05, 4.69) is 50.2 Å². The molecule has 0 aliphatic rings. The van der Waals surface area contributed by atoms with Crippen molar-refractivity contribution in [2.45, 2.75) is 0 Å². The van der Waals surface area contributed by atoms with Crippen molar-refractivity contribution >= 4 is 68.7 Å². The molecule has 92 valence electrons. The maximum atomic E-state index is 9.93. The van der Waals surface area contributed by atoms with Gasteiger partial charge >= 0.3 is 0 Å². The van der Waals surface area contributed by atoms with E-state index in [0.717, 1.165) is 12.8 Å². The van der Waals surface area contributed by atoms with Crippen LogP contribution in [0, 0.1) is 7.14 Å². The predicted molar refractivity (Wildman–Crippen MR) is 92.2 cm³/mol. The minimum atomic E-state index is 0.252. The monoisotopic (exact) mass is 483 g/mol. The Morgan fingerprint density at radius 2 is 1.94 bits per heavy atom. The van der Waals surface area contributed by atoms with Gasteiger partial charge in [-0.05, 0) is 75.5 Å². The molecule has 2 aromatic rings. The Morgan fingerprint density at radius 3 is 2.67 bits per heavy atom. The minimum Gasteiger partial charge on any atom is -0.506 e. The first-order chi connectivity index (χ1) is 8.56. The van der Waals surface area contributed by atoms with Gasteiger partial charge in [0.05, 0.1) is 9.26 Å². The number of phenolic OH excluding ortho intramolecular Hbond substituents is 1. The van der Waals surface area contributed by atoms with Gasteiger partial charge in [0, 0.05) is 20.4 Å². The van der Waals surface area contributed by atoms with Crippen molar-refractivity contribution in [3.05, 3.63) is 54.1 Å². The van der Waals surface area contributed by atoms with Crippen molar-refractivity contribution in [3.8, 4) is 5.75 Å². The van der Waals surface area contributed by atoms with Gasteiger partial charge in [0.25, 0.3) is 0 Å². The van der Waals surface area contributed by atoms with E-state index in [1.54, 1.807) is 18.3 Å². The summed E-state index contributed by atoms with van der Waals surface area (Å²) in [4.78, 5) is 4.30. The van der Waals surface area contributed by atoms with Crippen LogP contribution in [0.2, 0.25) is 5.02 Å². The number of phenols is 1. The lowest BCUT2D eigenvalue weighted by Crippen LogP contribution is -1.87. The second kappa shape index (κ2) is 6.21. The van der Waals surface area contributed by atoms with Crippen LogP contribution in [0.15, 0.2) is 41.4 Å². The summed E-state index contributed by atoms with van der Waals surface area (Å²) in [6, 6.07) is 11.1. The Labute approximate surface area is 137 Å². The van der Waals surface area contributed by atoms with Crippen LogP contribution < -0.4 is 0 Å². The van der Waals surface area contributed by atoms with Crippen LogP contribution >= 0.6 is 56.8 Å². The van der Waals surface area contributed by atoms with Crippen molar-refractivity contribution in [1.82, 2.24) is 0 Å². The molecule has 18 heavy (non-hydrogen) atoms. The number of aliphatic imine (C=N–C) groups is 1. The molecule has 5 heteroatoms. The molecule has 0 amide bonds. The van der Waals surface area contributed by atoms with E-state index >= 15 is 0 Å². The standard InChI is InChI=1S/C13H8ClI2NO/c14-9-2-1-3-11(5-9)17-7-8-4-10(15)6-12(16)13(8)18/h1-7,18H. The Balaban J connectivity index is 2.34. The highest BCUT2D eigenvalue weighted by atomic mass is 127. The average Bonchev–Trinajstić information content (AvgIpc) is 2.32. The molecule has 2 aromatic carbocycles. The molecule has 1 N–H and O–H groups in total. The average molecular weight is 483 g/mol. The van der Waals surface area contributed by atoms with Crippen molar-refractivity contribution in [3.63, 3.8) is 0 Å². The van der Waals surface area contributed by atoms with Gasteiger partial charge in [0.15, 0.2) is 0 Å². The lowest BCUT2D eigenvalue weighted by atomic mass is 10.2. The van der Waals surface area contributed by atoms with Crippen LogP contribution in [0.1, 0.15) is 5.56 Å². The Bertz CT molecular complexity index is 614. The van der Waals surface area contributed by atoms with Crippen molar-refractivity contribution in [2.24, 2.45) is 4.99 Å². The number of aromatic hydroxyl groups is 1. The largest absolute Gasteiger partial charge is 0.506 e. The Hall–Kier alpha value is -0.340. The van der Waals surface area contributed by atoms with Crippen LogP contribution in [-0.2, 0) is 0 Å². The lowest BCUT2D eigenvalue weighted by molar-refractivity contribution is 0.470. The summed E-state index contributed by atoms with van der Waals surface area (Å²) in [5.41, 5.74) is 1.46. The van der Waals surface area contributed by atoms with Crippen LogP contribution in [-0.4, -0.2) is 11.3 Å². The second-order valence-electron chi connectivity index (χ2n) is 3.56. The van der Waals surface area contributed by atoms with Crippen LogP contribution in [0.5, 0.6) is 5.75 Å². The van der Waals surface area contributed by atoms with E-state index in [4.69, 9.17) is 11.6 Å². The highest BCUT2D eigenvalue weighted by Gasteiger charge is 2.05. The first kappa shape index (κ1) is 14.1. The van der Waals surface area contributed by atoms with E-state index < -0.39 is 0 Å². The van der Waals surface area contributed by atoms with E-state index in [-0.39, 0.29) is 5.75 Å². The Kier molecular flexibility index (Phi) is 4.85. The van der Waals surface area contributed by atoms with Crippen LogP contribution in [0.25, 0.3) is 0 Å². The molecule has 0 spiro atoms. The molecule has 0 fully saturated rings. The molecule has 0 aliphatic heterocycles. The summed E-state index contributed by atoms with van der Waals surface area (Å²) in [5, 5.41) is 10.6. The zero-order valence-corrected chi connectivity index (χ0v) is 14.1. The summed E-state index contributed by atoms with van der Waals surface area (Å²) in [6.07, 6.45) is 1.64. The highest BCUT2D eigenvalue weighted by molar-refractivity contribution is 14.1. The van der Waals surface area contributed by atoms with Gasteiger partial charge in [-0.2, -0.15) is 0 Å². The van der Waals surface area contributed by atoms with Crippen molar-refractivity contribution in [2.75, 3.05) is 0 Å². The number of rotatable bonds is 2. The number of halogens is 3. The van der Waals surface area contributed by atoms with Gasteiger partial charge in [0.1, 0.15) is 5.75 Å². The summed E-state index contributed by atoms with van der Waals surface area (Å²) in [6.45, 7) is 0. The zero-order valence-electron chi connectivity index (χ0n) is 9.07. The summed E-state index contributed by atoms with van der Waals surface area (Å²) in [5.74, 6) is 0.252. The van der Waals surface area contributed by atoms with Gasteiger partial charge < -0.3 is 5.11 Å².